The number of nitrogens with zero attached hydrogens (tertiary/aromatic N) is 5. The third-order valence-electron chi connectivity index (χ3n) is 12.4. The number of ether oxygens (including phenoxy) is 1. The molecule has 0 bridgehead atoms. The summed E-state index contributed by atoms with van der Waals surface area (Å²) in [5, 5.41) is 0.937. The van der Waals surface area contributed by atoms with Crippen LogP contribution in [0.5, 0.6) is 11.5 Å². The molecule has 1 aliphatic heterocycles. The molecule has 0 unspecified atom stereocenters. The van der Waals surface area contributed by atoms with E-state index >= 15 is 0 Å². The second kappa shape index (κ2) is 13.7. The first-order valence-electron chi connectivity index (χ1n) is 21.0. The van der Waals surface area contributed by atoms with E-state index in [0.717, 1.165) is 94.9 Å². The van der Waals surface area contributed by atoms with Crippen LogP contribution in [0.3, 0.4) is 0 Å². The molecule has 0 atom stereocenters. The highest BCUT2D eigenvalue weighted by Crippen LogP contribution is 2.64. The SMILES string of the molecule is c1ccc(-c2nc(-c3ccccc3)nc(-c3ccc4c(c3)C3(c5ccccc5Oc5ccccc53)c3c(-c5nc(-c6ccccc6)c6oc7ccccc7c6n5)cccc3-4)n2)cc1. The van der Waals surface area contributed by atoms with E-state index in [1.807, 2.05) is 109 Å². The predicted octanol–water partition coefficient (Wildman–Crippen LogP) is 13.4. The van der Waals surface area contributed by atoms with Crippen molar-refractivity contribution in [3.8, 4) is 79.4 Å². The molecule has 11 aromatic rings. The van der Waals surface area contributed by atoms with Gasteiger partial charge >= 0.3 is 0 Å². The highest BCUT2D eigenvalue weighted by atomic mass is 16.5. The van der Waals surface area contributed by atoms with Gasteiger partial charge in [-0.2, -0.15) is 0 Å². The van der Waals surface area contributed by atoms with Gasteiger partial charge in [-0.1, -0.05) is 170 Å². The minimum Gasteiger partial charge on any atom is -0.457 e. The minimum absolute atomic E-state index is 0.582. The number of para-hydroxylation sites is 3. The molecule has 0 radical (unpaired) electrons. The average molecular weight is 808 g/mol. The Hall–Kier alpha value is -8.55. The number of benzene rings is 8. The van der Waals surface area contributed by atoms with Gasteiger partial charge in [0.1, 0.15) is 28.3 Å². The van der Waals surface area contributed by atoms with E-state index in [2.05, 4.69) is 91.0 Å². The van der Waals surface area contributed by atoms with Crippen molar-refractivity contribution in [3.63, 3.8) is 0 Å². The zero-order valence-electron chi connectivity index (χ0n) is 33.6. The molecule has 7 nitrogen and oxygen atoms in total. The Morgan fingerprint density at radius 3 is 1.59 bits per heavy atom. The maximum atomic E-state index is 6.78. The Labute approximate surface area is 362 Å². The fraction of sp³-hybridized carbons (Fsp3) is 0.0179. The molecule has 3 aromatic heterocycles. The van der Waals surface area contributed by atoms with Gasteiger partial charge in [0.05, 0.1) is 5.41 Å². The van der Waals surface area contributed by atoms with Crippen LogP contribution >= 0.6 is 0 Å². The zero-order chi connectivity index (χ0) is 41.5. The van der Waals surface area contributed by atoms with Gasteiger partial charge in [0.25, 0.3) is 0 Å². The molecule has 7 heteroatoms. The number of furan rings is 1. The summed E-state index contributed by atoms with van der Waals surface area (Å²) >= 11 is 0. The van der Waals surface area contributed by atoms with Crippen LogP contribution in [-0.2, 0) is 5.41 Å². The lowest BCUT2D eigenvalue weighted by Crippen LogP contribution is -2.32. The van der Waals surface area contributed by atoms with Crippen LogP contribution < -0.4 is 4.74 Å². The van der Waals surface area contributed by atoms with E-state index in [4.69, 9.17) is 34.1 Å². The lowest BCUT2D eigenvalue weighted by molar-refractivity contribution is 0.436. The van der Waals surface area contributed by atoms with Crippen molar-refractivity contribution in [1.82, 2.24) is 24.9 Å². The van der Waals surface area contributed by atoms with Crippen LogP contribution in [0.4, 0.5) is 0 Å². The molecule has 4 heterocycles. The summed E-state index contributed by atoms with van der Waals surface area (Å²) in [6, 6.07) is 68.4. The highest BCUT2D eigenvalue weighted by molar-refractivity contribution is 6.07. The van der Waals surface area contributed by atoms with Crippen LogP contribution in [0.15, 0.2) is 205 Å². The van der Waals surface area contributed by atoms with Gasteiger partial charge in [-0.15, -0.1) is 0 Å². The van der Waals surface area contributed by atoms with E-state index in [-0.39, 0.29) is 0 Å². The van der Waals surface area contributed by atoms with Gasteiger partial charge in [-0.25, -0.2) is 24.9 Å². The van der Waals surface area contributed by atoms with Crippen LogP contribution in [0.2, 0.25) is 0 Å². The van der Waals surface area contributed by atoms with Crippen LogP contribution in [-0.4, -0.2) is 24.9 Å². The Bertz CT molecular complexity index is 3500. The molecule has 0 saturated carbocycles. The number of aromatic nitrogens is 5. The molecule has 0 fully saturated rings. The van der Waals surface area contributed by atoms with Crippen molar-refractivity contribution in [3.05, 3.63) is 222 Å². The maximum Gasteiger partial charge on any atom is 0.180 e. The number of hydrogen-bond acceptors (Lipinski definition) is 7. The van der Waals surface area contributed by atoms with Gasteiger partial charge in [0.15, 0.2) is 28.9 Å². The average Bonchev–Trinajstić information content (AvgIpc) is 3.88. The molecule has 0 N–H and O–H groups in total. The largest absolute Gasteiger partial charge is 0.457 e. The Morgan fingerprint density at radius 1 is 0.365 bits per heavy atom. The van der Waals surface area contributed by atoms with Crippen molar-refractivity contribution in [2.45, 2.75) is 5.41 Å². The second-order valence-corrected chi connectivity index (χ2v) is 15.9. The molecule has 0 saturated heterocycles. The molecular weight excluding hydrogens is 775 g/mol. The van der Waals surface area contributed by atoms with Crippen LogP contribution in [0, 0.1) is 0 Å². The first-order valence-corrected chi connectivity index (χ1v) is 21.0. The normalized spacial score (nSPS) is 13.0. The molecule has 1 aliphatic carbocycles. The van der Waals surface area contributed by atoms with E-state index in [1.165, 1.54) is 0 Å². The second-order valence-electron chi connectivity index (χ2n) is 15.9. The predicted molar refractivity (Wildman–Crippen MR) is 247 cm³/mol. The van der Waals surface area contributed by atoms with Crippen LogP contribution in [0.25, 0.3) is 90.0 Å². The molecule has 0 amide bonds. The molecule has 13 rings (SSSR count). The first kappa shape index (κ1) is 35.2. The van der Waals surface area contributed by atoms with E-state index in [9.17, 15) is 0 Å². The van der Waals surface area contributed by atoms with Gasteiger partial charge in [-0.3, -0.25) is 0 Å². The van der Waals surface area contributed by atoms with Gasteiger partial charge < -0.3 is 9.15 Å². The van der Waals surface area contributed by atoms with E-state index in [0.29, 0.717) is 28.9 Å². The summed E-state index contributed by atoms with van der Waals surface area (Å²) in [5.41, 5.74) is 13.0. The van der Waals surface area contributed by atoms with Gasteiger partial charge in [0, 0.05) is 44.3 Å². The Balaban J connectivity index is 1.11. The zero-order valence-corrected chi connectivity index (χ0v) is 33.6. The lowest BCUT2D eigenvalue weighted by atomic mass is 9.65. The Morgan fingerprint density at radius 2 is 0.921 bits per heavy atom. The molecule has 63 heavy (non-hydrogen) atoms. The fourth-order valence-electron chi connectivity index (χ4n) is 9.72. The topological polar surface area (TPSA) is 86.8 Å². The van der Waals surface area contributed by atoms with Crippen molar-refractivity contribution >= 4 is 22.1 Å². The molecule has 8 aromatic carbocycles. The summed E-state index contributed by atoms with van der Waals surface area (Å²) in [5.74, 6) is 3.98. The van der Waals surface area contributed by atoms with Crippen LogP contribution in [0.1, 0.15) is 22.3 Å². The monoisotopic (exact) mass is 807 g/mol. The first-order chi connectivity index (χ1) is 31.2. The third-order valence-corrected chi connectivity index (χ3v) is 12.4. The number of rotatable bonds is 5. The summed E-state index contributed by atoms with van der Waals surface area (Å²) in [6.07, 6.45) is 0. The maximum absolute atomic E-state index is 6.78. The summed E-state index contributed by atoms with van der Waals surface area (Å²) in [6.45, 7) is 0. The van der Waals surface area contributed by atoms with Crippen molar-refractivity contribution < 1.29 is 9.15 Å². The lowest BCUT2D eigenvalue weighted by Gasteiger charge is -2.40. The standard InChI is InChI=1S/C56H33N5O2/c1-4-17-34(18-5-1)49-51-50(40-23-10-13-28-45(40)63-51)58-55(57-49)41-25-16-24-39-38-32-31-37(54-60-52(35-19-6-2-7-20-35)59-53(61-54)36-21-8-3-9-22-36)33-44(38)56(48(39)41)42-26-11-14-29-46(42)62-47-30-15-12-27-43(47)56/h1-33H. The van der Waals surface area contributed by atoms with Gasteiger partial charge in [-0.05, 0) is 52.6 Å². The summed E-state index contributed by atoms with van der Waals surface area (Å²) < 4.78 is 13.3. The van der Waals surface area contributed by atoms with E-state index in [1.54, 1.807) is 0 Å². The number of hydrogen-bond donors (Lipinski definition) is 0. The van der Waals surface area contributed by atoms with Crippen molar-refractivity contribution in [2.24, 2.45) is 0 Å². The fourth-order valence-corrected chi connectivity index (χ4v) is 9.72. The van der Waals surface area contributed by atoms with E-state index < -0.39 is 5.41 Å². The Kier molecular flexibility index (Phi) is 7.68. The van der Waals surface area contributed by atoms with Crippen molar-refractivity contribution in [1.29, 1.82) is 0 Å². The number of fused-ring (bicyclic) bond motifs is 12. The summed E-state index contributed by atoms with van der Waals surface area (Å²) in [7, 11) is 0. The quantitative estimate of drug-likeness (QED) is 0.171. The summed E-state index contributed by atoms with van der Waals surface area (Å²) in [4.78, 5) is 26.2. The van der Waals surface area contributed by atoms with Gasteiger partial charge in [0.2, 0.25) is 0 Å². The molecule has 1 spiro atoms. The molecule has 2 aliphatic rings. The highest BCUT2D eigenvalue weighted by Gasteiger charge is 2.52. The molecule has 294 valence electrons. The minimum atomic E-state index is -0.857. The van der Waals surface area contributed by atoms with Crippen molar-refractivity contribution in [2.75, 3.05) is 0 Å². The third kappa shape index (κ3) is 5.30. The smallest absolute Gasteiger partial charge is 0.180 e. The molecular formula is C56H33N5O2.